The van der Waals surface area contributed by atoms with Gasteiger partial charge in [0.25, 0.3) is 0 Å². The minimum Gasteiger partial charge on any atom is -0.481 e. The Kier molecular flexibility index (Phi) is 5.59. The first-order chi connectivity index (χ1) is 6.11. The molecule has 0 heterocycles. The van der Waals surface area contributed by atoms with E-state index in [1.54, 1.807) is 0 Å². The maximum Gasteiger partial charge on any atom is 0.330 e. The van der Waals surface area contributed by atoms with E-state index in [1.165, 1.54) is 0 Å². The van der Waals surface area contributed by atoms with Crippen LogP contribution in [0.15, 0.2) is 12.7 Å². The minimum atomic E-state index is -0.932. The Balaban J connectivity index is 3.88. The molecule has 0 aromatic heterocycles. The first kappa shape index (κ1) is 11.7. The molecule has 1 unspecified atom stereocenters. The van der Waals surface area contributed by atoms with E-state index < -0.39 is 17.9 Å². The highest BCUT2D eigenvalue weighted by Gasteiger charge is 2.17. The molecule has 0 bridgehead atoms. The molecule has 4 heteroatoms. The number of rotatable bonds is 6. The molecule has 0 aliphatic heterocycles. The van der Waals surface area contributed by atoms with Crippen molar-refractivity contribution in [1.82, 2.24) is 0 Å². The Morgan fingerprint density at radius 1 is 1.62 bits per heavy atom. The van der Waals surface area contributed by atoms with Crippen LogP contribution in [0.2, 0.25) is 0 Å². The van der Waals surface area contributed by atoms with E-state index in [2.05, 4.69) is 11.3 Å². The zero-order chi connectivity index (χ0) is 10.3. The van der Waals surface area contributed by atoms with Crippen LogP contribution in [0.1, 0.15) is 19.8 Å². The summed E-state index contributed by atoms with van der Waals surface area (Å²) in [7, 11) is 0. The maximum absolute atomic E-state index is 10.6. The SMILES string of the molecule is C=CC(=O)OCC(CCC)C(=O)O. The Morgan fingerprint density at radius 2 is 2.23 bits per heavy atom. The Bertz CT molecular complexity index is 198. The third-order valence-corrected chi connectivity index (χ3v) is 1.58. The van der Waals surface area contributed by atoms with Crippen molar-refractivity contribution in [3.8, 4) is 0 Å². The van der Waals surface area contributed by atoms with Crippen LogP contribution in [0, 0.1) is 5.92 Å². The van der Waals surface area contributed by atoms with E-state index in [-0.39, 0.29) is 6.61 Å². The number of carbonyl (C=O) groups excluding carboxylic acids is 1. The lowest BCUT2D eigenvalue weighted by atomic mass is 10.1. The van der Waals surface area contributed by atoms with Crippen LogP contribution < -0.4 is 0 Å². The van der Waals surface area contributed by atoms with E-state index in [0.717, 1.165) is 12.5 Å². The molecule has 0 fully saturated rings. The highest BCUT2D eigenvalue weighted by atomic mass is 16.5. The lowest BCUT2D eigenvalue weighted by Gasteiger charge is -2.10. The topological polar surface area (TPSA) is 63.6 Å². The molecule has 0 aliphatic carbocycles. The molecule has 13 heavy (non-hydrogen) atoms. The zero-order valence-corrected chi connectivity index (χ0v) is 7.66. The molecule has 0 rings (SSSR count). The van der Waals surface area contributed by atoms with Gasteiger partial charge in [0.15, 0.2) is 0 Å². The van der Waals surface area contributed by atoms with Gasteiger partial charge in [-0.25, -0.2) is 4.79 Å². The summed E-state index contributed by atoms with van der Waals surface area (Å²) in [5.41, 5.74) is 0. The van der Waals surface area contributed by atoms with Gasteiger partial charge in [-0.05, 0) is 6.42 Å². The van der Waals surface area contributed by atoms with E-state index in [9.17, 15) is 9.59 Å². The number of hydrogen-bond acceptors (Lipinski definition) is 3. The van der Waals surface area contributed by atoms with Gasteiger partial charge in [-0.3, -0.25) is 4.79 Å². The molecule has 1 atom stereocenters. The van der Waals surface area contributed by atoms with Crippen LogP contribution in [0.4, 0.5) is 0 Å². The van der Waals surface area contributed by atoms with Crippen molar-refractivity contribution in [2.45, 2.75) is 19.8 Å². The smallest absolute Gasteiger partial charge is 0.330 e. The molecule has 74 valence electrons. The summed E-state index contributed by atoms with van der Waals surface area (Å²) in [5.74, 6) is -2.12. The number of carboxylic acid groups (broad SMARTS) is 1. The second-order valence-corrected chi connectivity index (χ2v) is 2.66. The Hall–Kier alpha value is -1.32. The zero-order valence-electron chi connectivity index (χ0n) is 7.66. The molecule has 1 N–H and O–H groups in total. The number of aliphatic carboxylic acids is 1. The van der Waals surface area contributed by atoms with Gasteiger partial charge in [-0.15, -0.1) is 0 Å². The van der Waals surface area contributed by atoms with Gasteiger partial charge in [-0.1, -0.05) is 19.9 Å². The summed E-state index contributed by atoms with van der Waals surface area (Å²) in [6.07, 6.45) is 2.28. The van der Waals surface area contributed by atoms with Gasteiger partial charge in [0.05, 0.1) is 5.92 Å². The lowest BCUT2D eigenvalue weighted by Crippen LogP contribution is -2.21. The first-order valence-corrected chi connectivity index (χ1v) is 4.13. The molecule has 0 amide bonds. The average Bonchev–Trinajstić information content (AvgIpc) is 2.11. The normalized spacial score (nSPS) is 11.8. The van der Waals surface area contributed by atoms with Gasteiger partial charge < -0.3 is 9.84 Å². The molecule has 0 aromatic rings. The standard InChI is InChI=1S/C9H14O4/c1-3-5-7(9(11)12)6-13-8(10)4-2/h4,7H,2-3,5-6H2,1H3,(H,11,12). The van der Waals surface area contributed by atoms with E-state index >= 15 is 0 Å². The summed E-state index contributed by atoms with van der Waals surface area (Å²) >= 11 is 0. The molecule has 4 nitrogen and oxygen atoms in total. The van der Waals surface area contributed by atoms with Crippen molar-refractivity contribution >= 4 is 11.9 Å². The predicted molar refractivity (Wildman–Crippen MR) is 47.2 cm³/mol. The fourth-order valence-electron chi connectivity index (χ4n) is 0.868. The number of hydrogen-bond donors (Lipinski definition) is 1. The molecular formula is C9H14O4. The first-order valence-electron chi connectivity index (χ1n) is 4.13. The third-order valence-electron chi connectivity index (χ3n) is 1.58. The van der Waals surface area contributed by atoms with E-state index in [1.807, 2.05) is 6.92 Å². The maximum atomic E-state index is 10.6. The monoisotopic (exact) mass is 186 g/mol. The summed E-state index contributed by atoms with van der Waals surface area (Å²) in [5, 5.41) is 8.67. The minimum absolute atomic E-state index is 0.0754. The average molecular weight is 186 g/mol. The van der Waals surface area contributed by atoms with E-state index in [0.29, 0.717) is 6.42 Å². The van der Waals surface area contributed by atoms with Gasteiger partial charge in [0, 0.05) is 6.08 Å². The second-order valence-electron chi connectivity index (χ2n) is 2.66. The summed E-state index contributed by atoms with van der Waals surface area (Å²) in [4.78, 5) is 21.2. The van der Waals surface area contributed by atoms with Crippen molar-refractivity contribution < 1.29 is 19.4 Å². The molecule has 0 saturated carbocycles. The van der Waals surface area contributed by atoms with Crippen molar-refractivity contribution in [1.29, 1.82) is 0 Å². The van der Waals surface area contributed by atoms with Crippen LogP contribution in [0.5, 0.6) is 0 Å². The van der Waals surface area contributed by atoms with Crippen molar-refractivity contribution in [2.24, 2.45) is 5.92 Å². The number of carboxylic acids is 1. The number of esters is 1. The molecule has 0 aliphatic rings. The van der Waals surface area contributed by atoms with Gasteiger partial charge in [0.1, 0.15) is 6.61 Å². The summed E-state index contributed by atoms with van der Waals surface area (Å²) < 4.78 is 4.63. The van der Waals surface area contributed by atoms with E-state index in [4.69, 9.17) is 5.11 Å². The lowest BCUT2D eigenvalue weighted by molar-refractivity contribution is -0.148. The van der Waals surface area contributed by atoms with Gasteiger partial charge >= 0.3 is 11.9 Å². The Labute approximate surface area is 77.2 Å². The predicted octanol–water partition coefficient (Wildman–Crippen LogP) is 1.22. The number of carbonyl (C=O) groups is 2. The second kappa shape index (κ2) is 6.22. The van der Waals surface area contributed by atoms with Crippen LogP contribution in [-0.2, 0) is 14.3 Å². The third kappa shape index (κ3) is 5.00. The molecule has 0 saturated heterocycles. The van der Waals surface area contributed by atoms with Crippen LogP contribution in [0.3, 0.4) is 0 Å². The van der Waals surface area contributed by atoms with Crippen molar-refractivity contribution in [3.63, 3.8) is 0 Å². The fourth-order valence-corrected chi connectivity index (χ4v) is 0.868. The van der Waals surface area contributed by atoms with Crippen molar-refractivity contribution in [3.05, 3.63) is 12.7 Å². The largest absolute Gasteiger partial charge is 0.481 e. The Morgan fingerprint density at radius 3 is 2.62 bits per heavy atom. The van der Waals surface area contributed by atoms with Gasteiger partial charge in [0.2, 0.25) is 0 Å². The molecule has 0 aromatic carbocycles. The molecule has 0 spiro atoms. The number of ether oxygens (including phenoxy) is 1. The quantitative estimate of drug-likeness (QED) is 0.500. The fraction of sp³-hybridized carbons (Fsp3) is 0.556. The van der Waals surface area contributed by atoms with Gasteiger partial charge in [-0.2, -0.15) is 0 Å². The molecule has 0 radical (unpaired) electrons. The van der Waals surface area contributed by atoms with Crippen LogP contribution >= 0.6 is 0 Å². The molecular weight excluding hydrogens is 172 g/mol. The highest BCUT2D eigenvalue weighted by molar-refractivity contribution is 5.81. The van der Waals surface area contributed by atoms with Crippen LogP contribution in [-0.4, -0.2) is 23.7 Å². The van der Waals surface area contributed by atoms with Crippen molar-refractivity contribution in [2.75, 3.05) is 6.61 Å². The summed E-state index contributed by atoms with van der Waals surface area (Å²) in [6.45, 7) is 5.01. The highest BCUT2D eigenvalue weighted by Crippen LogP contribution is 2.07. The van der Waals surface area contributed by atoms with Crippen LogP contribution in [0.25, 0.3) is 0 Å². The summed E-state index contributed by atoms with van der Waals surface area (Å²) in [6, 6.07) is 0.